The summed E-state index contributed by atoms with van der Waals surface area (Å²) >= 11 is 24.0. The molecule has 144 valence electrons. The van der Waals surface area contributed by atoms with E-state index in [1.54, 1.807) is 6.07 Å². The lowest BCUT2D eigenvalue weighted by Gasteiger charge is -2.15. The Hall–Kier alpha value is -0.390. The Morgan fingerprint density at radius 1 is 0.963 bits per heavy atom. The zero-order valence-electron chi connectivity index (χ0n) is 14.3. The van der Waals surface area contributed by atoms with Crippen molar-refractivity contribution in [3.05, 3.63) is 66.0 Å². The summed E-state index contributed by atoms with van der Waals surface area (Å²) in [7, 11) is 0. The second-order valence-corrected chi connectivity index (χ2v) is 9.05. The van der Waals surface area contributed by atoms with Gasteiger partial charge >= 0.3 is 0 Å². The van der Waals surface area contributed by atoms with E-state index >= 15 is 0 Å². The molecule has 0 radical (unpaired) electrons. The minimum Gasteiger partial charge on any atom is -0.299 e. The van der Waals surface area contributed by atoms with Crippen molar-refractivity contribution in [2.75, 3.05) is 5.88 Å². The summed E-state index contributed by atoms with van der Waals surface area (Å²) in [6.45, 7) is 0. The Bertz CT molecular complexity index is 853. The number of carbonyl (C=O) groups excluding carboxylic acids is 2. The van der Waals surface area contributed by atoms with Gasteiger partial charge in [-0.25, -0.2) is 0 Å². The van der Waals surface area contributed by atoms with E-state index in [9.17, 15) is 9.59 Å². The molecule has 1 aliphatic carbocycles. The summed E-state index contributed by atoms with van der Waals surface area (Å²) in [4.78, 5) is 22.4. The van der Waals surface area contributed by atoms with Crippen LogP contribution >= 0.6 is 66.7 Å². The molecule has 0 fully saturated rings. The third-order valence-electron chi connectivity index (χ3n) is 4.06. The summed E-state index contributed by atoms with van der Waals surface area (Å²) in [6.07, 6.45) is 2.88. The number of halogens is 5. The number of aryl methyl sites for hydroxylation is 1. The molecule has 0 atom stereocenters. The molecule has 0 N–H and O–H groups in total. The van der Waals surface area contributed by atoms with Gasteiger partial charge in [0.25, 0.3) is 0 Å². The molecule has 0 aromatic heterocycles. The average molecular weight is 556 g/mol. The number of Topliss-reactive ketones (excluding diaryl/α,β-unsaturated/α-hetero) is 2. The molecule has 0 amide bonds. The highest BCUT2D eigenvalue weighted by atomic mass is 79.9. The van der Waals surface area contributed by atoms with Gasteiger partial charge in [-0.3, -0.25) is 9.59 Å². The van der Waals surface area contributed by atoms with Gasteiger partial charge in [0.15, 0.2) is 0 Å². The number of hydrogen-bond donors (Lipinski definition) is 0. The normalized spacial score (nSPS) is 12.9. The van der Waals surface area contributed by atoms with E-state index in [1.165, 1.54) is 5.56 Å². The van der Waals surface area contributed by atoms with Crippen molar-refractivity contribution in [3.8, 4) is 0 Å². The van der Waals surface area contributed by atoms with Crippen molar-refractivity contribution in [2.24, 2.45) is 0 Å². The van der Waals surface area contributed by atoms with Gasteiger partial charge in [-0.05, 0) is 79.2 Å². The van der Waals surface area contributed by atoms with Crippen molar-refractivity contribution in [1.29, 1.82) is 0 Å². The topological polar surface area (TPSA) is 34.1 Å². The number of rotatable bonds is 4. The Balaban J connectivity index is 0.000000194. The third kappa shape index (κ3) is 7.17. The monoisotopic (exact) mass is 552 g/mol. The van der Waals surface area contributed by atoms with Crippen molar-refractivity contribution in [1.82, 2.24) is 0 Å². The van der Waals surface area contributed by atoms with Crippen molar-refractivity contribution < 1.29 is 9.59 Å². The second kappa shape index (κ2) is 11.0. The van der Waals surface area contributed by atoms with Crippen LogP contribution in [0.5, 0.6) is 0 Å². The molecule has 0 aliphatic heterocycles. The minimum absolute atomic E-state index is 0.137. The Morgan fingerprint density at radius 3 is 2.33 bits per heavy atom. The Kier molecular flexibility index (Phi) is 9.30. The van der Waals surface area contributed by atoms with Gasteiger partial charge in [0, 0.05) is 40.5 Å². The van der Waals surface area contributed by atoms with Crippen LogP contribution < -0.4 is 0 Å². The van der Waals surface area contributed by atoms with Crippen LogP contribution in [-0.4, -0.2) is 17.4 Å². The number of fused-ring (bicyclic) bond motifs is 1. The van der Waals surface area contributed by atoms with Crippen LogP contribution in [0, 0.1) is 0 Å². The highest BCUT2D eigenvalue weighted by Gasteiger charge is 2.16. The summed E-state index contributed by atoms with van der Waals surface area (Å²) in [5, 5.41) is 1.31. The molecule has 0 unspecified atom stereocenters. The van der Waals surface area contributed by atoms with Gasteiger partial charge in [0.1, 0.15) is 11.6 Å². The molecule has 0 spiro atoms. The molecule has 0 heterocycles. The molecular formula is C20H17Br2Cl3O2. The van der Waals surface area contributed by atoms with Crippen LogP contribution in [-0.2, 0) is 28.9 Å². The smallest absolute Gasteiger partial charge is 0.138 e. The van der Waals surface area contributed by atoms with E-state index in [-0.39, 0.29) is 5.78 Å². The SMILES string of the molecule is O=C(CCCl)Cc1ccc(Br)c(Cl)c1.O=C1CCc2cc(Br)c(Cl)cc2C1. The maximum Gasteiger partial charge on any atom is 0.138 e. The van der Waals surface area contributed by atoms with Crippen LogP contribution in [0.1, 0.15) is 29.5 Å². The largest absolute Gasteiger partial charge is 0.299 e. The molecule has 27 heavy (non-hydrogen) atoms. The van der Waals surface area contributed by atoms with Gasteiger partial charge in [0.2, 0.25) is 0 Å². The molecular weight excluding hydrogens is 538 g/mol. The second-order valence-electron chi connectivity index (χ2n) is 6.15. The summed E-state index contributed by atoms with van der Waals surface area (Å²) in [5.41, 5.74) is 3.26. The zero-order chi connectivity index (χ0) is 20.0. The molecule has 2 nitrogen and oxygen atoms in total. The summed E-state index contributed by atoms with van der Waals surface area (Å²) in [6, 6.07) is 9.41. The lowest BCUT2D eigenvalue weighted by molar-refractivity contribution is -0.119. The van der Waals surface area contributed by atoms with Crippen LogP contribution in [0.15, 0.2) is 39.3 Å². The average Bonchev–Trinajstić information content (AvgIpc) is 2.60. The van der Waals surface area contributed by atoms with Crippen molar-refractivity contribution >= 4 is 78.2 Å². The molecule has 0 saturated carbocycles. The van der Waals surface area contributed by atoms with Crippen LogP contribution in [0.4, 0.5) is 0 Å². The first-order chi connectivity index (χ1) is 12.8. The van der Waals surface area contributed by atoms with Gasteiger partial charge in [0.05, 0.1) is 10.0 Å². The van der Waals surface area contributed by atoms with E-state index in [2.05, 4.69) is 31.9 Å². The minimum atomic E-state index is 0.137. The molecule has 0 bridgehead atoms. The van der Waals surface area contributed by atoms with Crippen LogP contribution in [0.3, 0.4) is 0 Å². The maximum absolute atomic E-state index is 11.3. The molecule has 2 aromatic rings. The fourth-order valence-corrected chi connectivity index (χ4v) is 3.91. The zero-order valence-corrected chi connectivity index (χ0v) is 19.8. The van der Waals surface area contributed by atoms with Gasteiger partial charge in [-0.15, -0.1) is 11.6 Å². The predicted molar refractivity (Wildman–Crippen MR) is 119 cm³/mol. The predicted octanol–water partition coefficient (Wildman–Crippen LogP) is 7.00. The van der Waals surface area contributed by atoms with Gasteiger partial charge in [-0.2, -0.15) is 0 Å². The Labute approximate surface area is 190 Å². The number of ketones is 2. The first kappa shape index (κ1) is 22.9. The summed E-state index contributed by atoms with van der Waals surface area (Å²) < 4.78 is 1.76. The third-order valence-corrected chi connectivity index (χ3v) is 6.68. The maximum atomic E-state index is 11.3. The first-order valence-corrected chi connectivity index (χ1v) is 11.2. The van der Waals surface area contributed by atoms with E-state index in [4.69, 9.17) is 34.8 Å². The van der Waals surface area contributed by atoms with Gasteiger partial charge < -0.3 is 0 Å². The fourth-order valence-electron chi connectivity index (χ4n) is 2.67. The molecule has 0 saturated heterocycles. The molecule has 2 aromatic carbocycles. The number of hydrogen-bond acceptors (Lipinski definition) is 2. The van der Waals surface area contributed by atoms with E-state index < -0.39 is 0 Å². The standard InChI is InChI=1S/C10H9BrCl2O.C10H8BrClO/c11-9-2-1-7(6-10(9)13)5-8(14)3-4-12;11-9-4-6-1-2-8(13)3-7(6)5-10(9)12/h1-2,6H,3-5H2;4-5H,1-3H2. The van der Waals surface area contributed by atoms with Crippen LogP contribution in [0.2, 0.25) is 10.0 Å². The highest BCUT2D eigenvalue weighted by Crippen LogP contribution is 2.29. The van der Waals surface area contributed by atoms with E-state index in [1.807, 2.05) is 24.3 Å². The first-order valence-electron chi connectivity index (χ1n) is 8.30. The number of alkyl halides is 1. The van der Waals surface area contributed by atoms with Crippen molar-refractivity contribution in [2.45, 2.75) is 32.1 Å². The fraction of sp³-hybridized carbons (Fsp3) is 0.300. The van der Waals surface area contributed by atoms with Crippen LogP contribution in [0.25, 0.3) is 0 Å². The number of benzene rings is 2. The lowest BCUT2D eigenvalue weighted by atomic mass is 9.91. The summed E-state index contributed by atoms with van der Waals surface area (Å²) in [5.74, 6) is 0.826. The molecule has 1 aliphatic rings. The Morgan fingerprint density at radius 2 is 1.67 bits per heavy atom. The van der Waals surface area contributed by atoms with Crippen molar-refractivity contribution in [3.63, 3.8) is 0 Å². The van der Waals surface area contributed by atoms with Gasteiger partial charge in [-0.1, -0.05) is 29.3 Å². The quantitative estimate of drug-likeness (QED) is 0.381. The highest BCUT2D eigenvalue weighted by molar-refractivity contribution is 9.10. The van der Waals surface area contributed by atoms with E-state index in [0.29, 0.717) is 47.4 Å². The molecule has 3 rings (SSSR count). The number of carbonyl (C=O) groups is 2. The lowest BCUT2D eigenvalue weighted by Crippen LogP contribution is -2.13. The molecule has 7 heteroatoms. The van der Waals surface area contributed by atoms with E-state index in [0.717, 1.165) is 26.5 Å².